The first-order valence-corrected chi connectivity index (χ1v) is 6.88. The SMILES string of the molecule is CCCCN1C(=O)C(Cl)=C(SCCC)C1=O. The number of imide groups is 1. The van der Waals surface area contributed by atoms with Crippen molar-refractivity contribution in [1.82, 2.24) is 4.90 Å². The Labute approximate surface area is 105 Å². The van der Waals surface area contributed by atoms with Crippen LogP contribution in [0.25, 0.3) is 0 Å². The van der Waals surface area contributed by atoms with Gasteiger partial charge >= 0.3 is 0 Å². The molecule has 0 saturated heterocycles. The Morgan fingerprint density at radius 2 is 1.88 bits per heavy atom. The number of hydrogen-bond acceptors (Lipinski definition) is 3. The Morgan fingerprint density at radius 1 is 1.19 bits per heavy atom. The largest absolute Gasteiger partial charge is 0.273 e. The van der Waals surface area contributed by atoms with E-state index in [9.17, 15) is 9.59 Å². The maximum atomic E-state index is 11.9. The molecule has 1 aliphatic heterocycles. The van der Waals surface area contributed by atoms with Crippen molar-refractivity contribution in [2.24, 2.45) is 0 Å². The molecule has 5 heteroatoms. The molecule has 0 aliphatic carbocycles. The second kappa shape index (κ2) is 6.30. The molecule has 0 fully saturated rings. The minimum Gasteiger partial charge on any atom is -0.273 e. The molecule has 0 aromatic heterocycles. The van der Waals surface area contributed by atoms with E-state index in [1.165, 1.54) is 16.7 Å². The predicted molar refractivity (Wildman–Crippen MR) is 67.3 cm³/mol. The first-order chi connectivity index (χ1) is 7.63. The van der Waals surface area contributed by atoms with E-state index in [-0.39, 0.29) is 16.8 Å². The first kappa shape index (κ1) is 13.6. The van der Waals surface area contributed by atoms with Crippen molar-refractivity contribution in [3.05, 3.63) is 9.94 Å². The molecule has 3 nitrogen and oxygen atoms in total. The predicted octanol–water partition coefficient (Wildman–Crippen LogP) is 2.75. The molecule has 0 aromatic rings. The maximum absolute atomic E-state index is 11.9. The van der Waals surface area contributed by atoms with Crippen molar-refractivity contribution in [2.75, 3.05) is 12.3 Å². The number of amides is 2. The van der Waals surface area contributed by atoms with Crippen molar-refractivity contribution >= 4 is 35.2 Å². The molecule has 1 rings (SSSR count). The zero-order chi connectivity index (χ0) is 12.1. The zero-order valence-electron chi connectivity index (χ0n) is 9.59. The number of halogens is 1. The van der Waals surface area contributed by atoms with E-state index in [1.54, 1.807) is 0 Å². The van der Waals surface area contributed by atoms with Crippen LogP contribution in [0.15, 0.2) is 9.94 Å². The number of hydrogen-bond donors (Lipinski definition) is 0. The summed E-state index contributed by atoms with van der Waals surface area (Å²) in [6.45, 7) is 4.52. The fourth-order valence-corrected chi connectivity index (χ4v) is 2.58. The summed E-state index contributed by atoms with van der Waals surface area (Å²) in [6.07, 6.45) is 2.73. The third-order valence-electron chi connectivity index (χ3n) is 2.26. The van der Waals surface area contributed by atoms with Gasteiger partial charge in [0.2, 0.25) is 0 Å². The highest BCUT2D eigenvalue weighted by Gasteiger charge is 2.36. The van der Waals surface area contributed by atoms with Crippen LogP contribution in [0, 0.1) is 0 Å². The average molecular weight is 262 g/mol. The molecule has 0 spiro atoms. The molecule has 0 bridgehead atoms. The summed E-state index contributed by atoms with van der Waals surface area (Å²) >= 11 is 7.26. The highest BCUT2D eigenvalue weighted by Crippen LogP contribution is 2.32. The van der Waals surface area contributed by atoms with Gasteiger partial charge in [-0.15, -0.1) is 11.8 Å². The molecule has 0 aromatic carbocycles. The van der Waals surface area contributed by atoms with Crippen LogP contribution in [0.3, 0.4) is 0 Å². The van der Waals surface area contributed by atoms with Gasteiger partial charge in [-0.1, -0.05) is 31.9 Å². The fraction of sp³-hybridized carbons (Fsp3) is 0.636. The van der Waals surface area contributed by atoms with Gasteiger partial charge < -0.3 is 0 Å². The molecule has 1 aliphatic rings. The van der Waals surface area contributed by atoms with Gasteiger partial charge in [0.25, 0.3) is 11.8 Å². The maximum Gasteiger partial charge on any atom is 0.273 e. The van der Waals surface area contributed by atoms with Crippen LogP contribution in [0.4, 0.5) is 0 Å². The molecule has 1 heterocycles. The highest BCUT2D eigenvalue weighted by atomic mass is 35.5. The van der Waals surface area contributed by atoms with E-state index in [2.05, 4.69) is 0 Å². The lowest BCUT2D eigenvalue weighted by Crippen LogP contribution is -2.32. The summed E-state index contributed by atoms with van der Waals surface area (Å²) in [4.78, 5) is 25.3. The molecule has 0 N–H and O–H groups in total. The summed E-state index contributed by atoms with van der Waals surface area (Å²) in [7, 11) is 0. The number of thioether (sulfide) groups is 1. The lowest BCUT2D eigenvalue weighted by molar-refractivity contribution is -0.137. The lowest BCUT2D eigenvalue weighted by Gasteiger charge is -2.13. The summed E-state index contributed by atoms with van der Waals surface area (Å²) in [5.41, 5.74) is 0. The Bertz CT molecular complexity index is 328. The van der Waals surface area contributed by atoms with Crippen molar-refractivity contribution in [2.45, 2.75) is 33.1 Å². The number of unbranched alkanes of at least 4 members (excludes halogenated alkanes) is 1. The Kier molecular flexibility index (Phi) is 5.35. The third kappa shape index (κ3) is 2.80. The van der Waals surface area contributed by atoms with Gasteiger partial charge in [0.15, 0.2) is 0 Å². The van der Waals surface area contributed by atoms with Crippen molar-refractivity contribution in [3.8, 4) is 0 Å². The van der Waals surface area contributed by atoms with E-state index < -0.39 is 0 Å². The molecular formula is C11H16ClNO2S. The van der Waals surface area contributed by atoms with Crippen LogP contribution in [0.5, 0.6) is 0 Å². The van der Waals surface area contributed by atoms with E-state index in [0.717, 1.165) is 25.0 Å². The van der Waals surface area contributed by atoms with Crippen molar-refractivity contribution < 1.29 is 9.59 Å². The third-order valence-corrected chi connectivity index (χ3v) is 4.00. The van der Waals surface area contributed by atoms with E-state index in [4.69, 9.17) is 11.6 Å². The van der Waals surface area contributed by atoms with Gasteiger partial charge in [0.1, 0.15) is 5.03 Å². The average Bonchev–Trinajstić information content (AvgIpc) is 2.47. The Hall–Kier alpha value is -0.480. The van der Waals surface area contributed by atoms with Crippen LogP contribution >= 0.6 is 23.4 Å². The Balaban J connectivity index is 2.71. The lowest BCUT2D eigenvalue weighted by atomic mass is 10.3. The summed E-state index contributed by atoms with van der Waals surface area (Å²) < 4.78 is 0. The second-order valence-corrected chi connectivity index (χ2v) is 5.09. The monoisotopic (exact) mass is 261 g/mol. The molecule has 90 valence electrons. The minimum absolute atomic E-state index is 0.0968. The molecule has 0 unspecified atom stereocenters. The molecule has 0 saturated carbocycles. The van der Waals surface area contributed by atoms with Crippen LogP contribution < -0.4 is 0 Å². The highest BCUT2D eigenvalue weighted by molar-refractivity contribution is 8.04. The van der Waals surface area contributed by atoms with Crippen LogP contribution in [-0.2, 0) is 9.59 Å². The van der Waals surface area contributed by atoms with Gasteiger partial charge in [0, 0.05) is 6.54 Å². The van der Waals surface area contributed by atoms with Gasteiger partial charge in [-0.2, -0.15) is 0 Å². The second-order valence-electron chi connectivity index (χ2n) is 3.61. The topological polar surface area (TPSA) is 37.4 Å². The molecule has 0 radical (unpaired) electrons. The van der Waals surface area contributed by atoms with Gasteiger partial charge in [-0.3, -0.25) is 14.5 Å². The van der Waals surface area contributed by atoms with Crippen LogP contribution in [-0.4, -0.2) is 29.0 Å². The minimum atomic E-state index is -0.335. The van der Waals surface area contributed by atoms with E-state index in [1.807, 2.05) is 13.8 Å². The van der Waals surface area contributed by atoms with Crippen LogP contribution in [0.2, 0.25) is 0 Å². The molecule has 2 amide bonds. The smallest absolute Gasteiger partial charge is 0.273 e. The fourth-order valence-electron chi connectivity index (χ4n) is 1.37. The van der Waals surface area contributed by atoms with Crippen LogP contribution in [0.1, 0.15) is 33.1 Å². The molecular weight excluding hydrogens is 246 g/mol. The zero-order valence-corrected chi connectivity index (χ0v) is 11.2. The van der Waals surface area contributed by atoms with Gasteiger partial charge in [-0.25, -0.2) is 0 Å². The molecule has 16 heavy (non-hydrogen) atoms. The quantitative estimate of drug-likeness (QED) is 0.690. The summed E-state index contributed by atoms with van der Waals surface area (Å²) in [6, 6.07) is 0. The van der Waals surface area contributed by atoms with E-state index >= 15 is 0 Å². The number of carbonyl (C=O) groups excluding carboxylic acids is 2. The first-order valence-electron chi connectivity index (χ1n) is 5.52. The summed E-state index contributed by atoms with van der Waals surface area (Å²) in [5.74, 6) is 0.257. The van der Waals surface area contributed by atoms with Gasteiger partial charge in [-0.05, 0) is 18.6 Å². The number of rotatable bonds is 6. The van der Waals surface area contributed by atoms with E-state index in [0.29, 0.717) is 11.4 Å². The van der Waals surface area contributed by atoms with Gasteiger partial charge in [0.05, 0.1) is 4.91 Å². The molecule has 0 atom stereocenters. The standard InChI is InChI=1S/C11H16ClNO2S/c1-3-5-6-13-10(14)8(12)9(11(13)15)16-7-4-2/h3-7H2,1-2H3. The summed E-state index contributed by atoms with van der Waals surface area (Å²) in [5, 5.41) is 0.0968. The number of carbonyl (C=O) groups is 2. The van der Waals surface area contributed by atoms with Crippen molar-refractivity contribution in [3.63, 3.8) is 0 Å². The number of nitrogens with zero attached hydrogens (tertiary/aromatic N) is 1. The normalized spacial score (nSPS) is 16.6. The van der Waals surface area contributed by atoms with Crippen molar-refractivity contribution in [1.29, 1.82) is 0 Å². The Morgan fingerprint density at radius 3 is 2.44 bits per heavy atom.